The van der Waals surface area contributed by atoms with Crippen LogP contribution in [0.4, 0.5) is 10.8 Å². The number of carbonyl (C=O) groups is 2. The van der Waals surface area contributed by atoms with Crippen LogP contribution in [0, 0.1) is 0 Å². The number of fused-ring (bicyclic) bond motifs is 1. The van der Waals surface area contributed by atoms with Gasteiger partial charge in [-0.05, 0) is 36.6 Å². The number of nitrogens with one attached hydrogen (secondary N) is 1. The van der Waals surface area contributed by atoms with Gasteiger partial charge in [-0.1, -0.05) is 37.3 Å². The second-order valence-corrected chi connectivity index (χ2v) is 8.19. The summed E-state index contributed by atoms with van der Waals surface area (Å²) in [5.74, 6) is 0.551. The number of amides is 2. The van der Waals surface area contributed by atoms with Gasteiger partial charge in [0.25, 0.3) is 5.91 Å². The molecule has 0 saturated carbocycles. The van der Waals surface area contributed by atoms with Gasteiger partial charge in [0, 0.05) is 23.9 Å². The van der Waals surface area contributed by atoms with Crippen molar-refractivity contribution in [1.82, 2.24) is 4.98 Å². The summed E-state index contributed by atoms with van der Waals surface area (Å²) in [4.78, 5) is 31.7. The quantitative estimate of drug-likeness (QED) is 0.644. The molecule has 1 aliphatic heterocycles. The maximum Gasteiger partial charge on any atom is 0.264 e. The third-order valence-electron chi connectivity index (χ3n) is 5.07. The molecule has 4 rings (SSSR count). The zero-order chi connectivity index (χ0) is 21.1. The average Bonchev–Trinajstić information content (AvgIpc) is 3.18. The van der Waals surface area contributed by atoms with Gasteiger partial charge in [-0.15, -0.1) is 11.3 Å². The van der Waals surface area contributed by atoms with Gasteiger partial charge in [-0.3, -0.25) is 9.59 Å². The van der Waals surface area contributed by atoms with E-state index >= 15 is 0 Å². The van der Waals surface area contributed by atoms with E-state index in [1.807, 2.05) is 48.5 Å². The Labute approximate surface area is 179 Å². The lowest BCUT2D eigenvalue weighted by molar-refractivity contribution is -0.121. The Morgan fingerprint density at radius 3 is 2.80 bits per heavy atom. The molecular weight excluding hydrogens is 398 g/mol. The number of ether oxygens (including phenoxy) is 1. The largest absolute Gasteiger partial charge is 0.482 e. The van der Waals surface area contributed by atoms with E-state index in [9.17, 15) is 9.59 Å². The minimum absolute atomic E-state index is 0.0500. The van der Waals surface area contributed by atoms with Gasteiger partial charge in [0.15, 0.2) is 11.7 Å². The second-order valence-electron chi connectivity index (χ2n) is 7.10. The lowest BCUT2D eigenvalue weighted by Crippen LogP contribution is -2.35. The zero-order valence-electron chi connectivity index (χ0n) is 17.0. The Morgan fingerprint density at radius 1 is 1.23 bits per heavy atom. The lowest BCUT2D eigenvalue weighted by Gasteiger charge is -2.26. The summed E-state index contributed by atoms with van der Waals surface area (Å²) in [6, 6.07) is 15.7. The van der Waals surface area contributed by atoms with Crippen LogP contribution >= 0.6 is 11.3 Å². The highest BCUT2D eigenvalue weighted by Gasteiger charge is 2.23. The van der Waals surface area contributed by atoms with Crippen LogP contribution in [-0.2, 0) is 22.4 Å². The van der Waals surface area contributed by atoms with Crippen LogP contribution in [-0.4, -0.2) is 30.5 Å². The van der Waals surface area contributed by atoms with Crippen molar-refractivity contribution in [3.8, 4) is 17.0 Å². The summed E-state index contributed by atoms with van der Waals surface area (Å²) in [5.41, 5.74) is 3.59. The molecule has 0 radical (unpaired) electrons. The summed E-state index contributed by atoms with van der Waals surface area (Å²) in [6.07, 6.45) is 1.90. The minimum Gasteiger partial charge on any atom is -0.482 e. The summed E-state index contributed by atoms with van der Waals surface area (Å²) >= 11 is 1.49. The highest BCUT2D eigenvalue weighted by Crippen LogP contribution is 2.38. The molecule has 0 saturated heterocycles. The van der Waals surface area contributed by atoms with Gasteiger partial charge in [0.2, 0.25) is 5.91 Å². The number of hydrogen-bond donors (Lipinski definition) is 1. The number of thiazole rings is 1. The number of hydrogen-bond acceptors (Lipinski definition) is 5. The predicted octanol–water partition coefficient (Wildman–Crippen LogP) is 4.30. The van der Waals surface area contributed by atoms with Crippen molar-refractivity contribution in [1.29, 1.82) is 0 Å². The summed E-state index contributed by atoms with van der Waals surface area (Å²) in [6.45, 7) is 2.12. The number of aromatic nitrogens is 1. The first-order chi connectivity index (χ1) is 14.5. The molecule has 1 aliphatic rings. The highest BCUT2D eigenvalue weighted by atomic mass is 32.1. The Morgan fingerprint density at radius 2 is 2.03 bits per heavy atom. The van der Waals surface area contributed by atoms with E-state index in [-0.39, 0.29) is 18.4 Å². The van der Waals surface area contributed by atoms with E-state index in [0.717, 1.165) is 33.8 Å². The van der Waals surface area contributed by atoms with Crippen molar-refractivity contribution in [3.63, 3.8) is 0 Å². The summed E-state index contributed by atoms with van der Waals surface area (Å²) < 4.78 is 5.51. The number of rotatable bonds is 6. The molecule has 0 atom stereocenters. The first kappa shape index (κ1) is 20.1. The first-order valence-corrected chi connectivity index (χ1v) is 10.7. The molecule has 1 N–H and O–H groups in total. The Kier molecular flexibility index (Phi) is 5.81. The molecule has 0 spiro atoms. The van der Waals surface area contributed by atoms with Crippen LogP contribution < -0.4 is 15.0 Å². The van der Waals surface area contributed by atoms with Gasteiger partial charge >= 0.3 is 0 Å². The van der Waals surface area contributed by atoms with E-state index in [1.54, 1.807) is 11.9 Å². The van der Waals surface area contributed by atoms with Crippen LogP contribution in [0.5, 0.6) is 5.75 Å². The fourth-order valence-electron chi connectivity index (χ4n) is 3.37. The third kappa shape index (κ3) is 4.21. The average molecular weight is 422 g/mol. The second kappa shape index (κ2) is 8.67. The molecule has 0 bridgehead atoms. The highest BCUT2D eigenvalue weighted by molar-refractivity contribution is 7.16. The number of likely N-dealkylation sites (N-methyl/N-ethyl adjacent to an activating group) is 1. The van der Waals surface area contributed by atoms with Crippen LogP contribution in [0.2, 0.25) is 0 Å². The zero-order valence-corrected chi connectivity index (χ0v) is 17.8. The number of anilines is 2. The van der Waals surface area contributed by atoms with Gasteiger partial charge < -0.3 is 15.0 Å². The van der Waals surface area contributed by atoms with E-state index in [1.165, 1.54) is 11.3 Å². The molecule has 30 heavy (non-hydrogen) atoms. The predicted molar refractivity (Wildman–Crippen MR) is 119 cm³/mol. The van der Waals surface area contributed by atoms with Crippen molar-refractivity contribution in [2.45, 2.75) is 26.2 Å². The molecule has 0 fully saturated rings. The van der Waals surface area contributed by atoms with Crippen molar-refractivity contribution >= 4 is 34.0 Å². The van der Waals surface area contributed by atoms with Crippen LogP contribution in [0.1, 0.15) is 23.8 Å². The molecule has 1 aromatic heterocycles. The Bertz CT molecular complexity index is 1080. The molecule has 6 nitrogen and oxygen atoms in total. The molecular formula is C23H23N3O3S. The summed E-state index contributed by atoms with van der Waals surface area (Å²) in [5, 5.41) is 3.53. The molecule has 2 aromatic carbocycles. The lowest BCUT2D eigenvalue weighted by atomic mass is 10.1. The smallest absolute Gasteiger partial charge is 0.264 e. The van der Waals surface area contributed by atoms with E-state index in [4.69, 9.17) is 4.74 Å². The maximum absolute atomic E-state index is 12.4. The SMILES string of the molecule is CCc1sc(NC(=O)CCc2ccccc2)nc1-c1ccc2c(c1)N(C)C(=O)CO2. The summed E-state index contributed by atoms with van der Waals surface area (Å²) in [7, 11) is 1.74. The number of carbonyl (C=O) groups excluding carboxylic acids is 2. The fourth-order valence-corrected chi connectivity index (χ4v) is 4.31. The topological polar surface area (TPSA) is 71.5 Å². The van der Waals surface area contributed by atoms with Gasteiger partial charge in [0.05, 0.1) is 11.4 Å². The van der Waals surface area contributed by atoms with Crippen molar-refractivity contribution in [2.24, 2.45) is 0 Å². The fraction of sp³-hybridized carbons (Fsp3) is 0.261. The van der Waals surface area contributed by atoms with Gasteiger partial charge in [-0.2, -0.15) is 0 Å². The Balaban J connectivity index is 1.52. The van der Waals surface area contributed by atoms with Gasteiger partial charge in [-0.25, -0.2) is 4.98 Å². The van der Waals surface area contributed by atoms with Crippen LogP contribution in [0.25, 0.3) is 11.3 Å². The first-order valence-electron chi connectivity index (χ1n) is 9.92. The standard InChI is InChI=1S/C23H23N3O3S/c1-3-19-22(16-10-11-18-17(13-16)26(2)21(28)14-29-18)25-23(30-19)24-20(27)12-9-15-7-5-4-6-8-15/h4-8,10-11,13H,3,9,12,14H2,1-2H3,(H,24,25,27). The molecule has 154 valence electrons. The van der Waals surface area contributed by atoms with Crippen molar-refractivity contribution in [2.75, 3.05) is 23.9 Å². The number of benzene rings is 2. The number of nitrogens with zero attached hydrogens (tertiary/aromatic N) is 2. The van der Waals surface area contributed by atoms with E-state index in [0.29, 0.717) is 23.7 Å². The third-order valence-corrected chi connectivity index (χ3v) is 6.18. The Hall–Kier alpha value is -3.19. The normalized spacial score (nSPS) is 13.0. The van der Waals surface area contributed by atoms with E-state index in [2.05, 4.69) is 17.2 Å². The molecule has 2 heterocycles. The molecule has 0 aliphatic carbocycles. The minimum atomic E-state index is -0.0833. The maximum atomic E-state index is 12.4. The van der Waals surface area contributed by atoms with Gasteiger partial charge in [0.1, 0.15) is 5.75 Å². The van der Waals surface area contributed by atoms with Crippen LogP contribution in [0.3, 0.4) is 0 Å². The molecule has 0 unspecified atom stereocenters. The van der Waals surface area contributed by atoms with Crippen LogP contribution in [0.15, 0.2) is 48.5 Å². The molecule has 3 aromatic rings. The molecule has 2 amide bonds. The molecule has 7 heteroatoms. The monoisotopic (exact) mass is 421 g/mol. The van der Waals surface area contributed by atoms with Crippen molar-refractivity contribution < 1.29 is 14.3 Å². The van der Waals surface area contributed by atoms with Crippen molar-refractivity contribution in [3.05, 3.63) is 59.0 Å². The van der Waals surface area contributed by atoms with E-state index < -0.39 is 0 Å². The number of aryl methyl sites for hydroxylation is 2.